The molecular weight excluding hydrogens is 270 g/mol. The highest BCUT2D eigenvalue weighted by atomic mass is 32.2. The number of carboxylic acids is 1. The van der Waals surface area contributed by atoms with Crippen LogP contribution < -0.4 is 9.46 Å². The van der Waals surface area contributed by atoms with E-state index >= 15 is 0 Å². The lowest BCUT2D eigenvalue weighted by Gasteiger charge is -2.27. The minimum Gasteiger partial charge on any atom is -0.490 e. The highest BCUT2D eigenvalue weighted by molar-refractivity contribution is 7.89. The Morgan fingerprint density at radius 1 is 1.42 bits per heavy atom. The number of carboxylic acid groups (broad SMARTS) is 1. The molecule has 1 aliphatic carbocycles. The number of rotatable bonds is 5. The molecular formula is C12H15NO5S. The Morgan fingerprint density at radius 2 is 2.11 bits per heavy atom. The van der Waals surface area contributed by atoms with Crippen molar-refractivity contribution >= 4 is 16.0 Å². The quantitative estimate of drug-likeness (QED) is 0.848. The molecule has 0 heterocycles. The zero-order chi connectivity index (χ0) is 14.0. The molecule has 2 N–H and O–H groups in total. The number of aromatic carboxylic acids is 1. The van der Waals surface area contributed by atoms with E-state index in [9.17, 15) is 13.2 Å². The number of hydrogen-bond donors (Lipinski definition) is 2. The fourth-order valence-corrected chi connectivity index (χ4v) is 2.49. The topological polar surface area (TPSA) is 92.7 Å². The van der Waals surface area contributed by atoms with Crippen molar-refractivity contribution < 1.29 is 23.1 Å². The first-order valence-electron chi connectivity index (χ1n) is 5.91. The van der Waals surface area contributed by atoms with Gasteiger partial charge in [0.1, 0.15) is 11.3 Å². The van der Waals surface area contributed by atoms with Gasteiger partial charge in [-0.2, -0.15) is 0 Å². The van der Waals surface area contributed by atoms with Crippen molar-refractivity contribution in [2.75, 3.05) is 7.05 Å². The predicted octanol–water partition coefficient (Wildman–Crippen LogP) is 1.22. The van der Waals surface area contributed by atoms with Crippen molar-refractivity contribution in [3.05, 3.63) is 23.8 Å². The summed E-state index contributed by atoms with van der Waals surface area (Å²) in [4.78, 5) is 11.1. The van der Waals surface area contributed by atoms with Crippen LogP contribution in [0.1, 0.15) is 29.6 Å². The van der Waals surface area contributed by atoms with Crippen molar-refractivity contribution in [1.82, 2.24) is 4.72 Å². The molecule has 0 spiro atoms. The third kappa shape index (κ3) is 2.87. The zero-order valence-electron chi connectivity index (χ0n) is 10.4. The molecule has 0 aromatic heterocycles. The maximum atomic E-state index is 11.6. The molecule has 6 nitrogen and oxygen atoms in total. The van der Waals surface area contributed by atoms with Crippen LogP contribution in [-0.4, -0.2) is 32.6 Å². The number of hydrogen-bond acceptors (Lipinski definition) is 4. The average molecular weight is 285 g/mol. The van der Waals surface area contributed by atoms with E-state index in [1.807, 2.05) is 0 Å². The van der Waals surface area contributed by atoms with Gasteiger partial charge in [-0.3, -0.25) is 0 Å². The van der Waals surface area contributed by atoms with Gasteiger partial charge in [0.05, 0.1) is 11.0 Å². The number of benzene rings is 1. The van der Waals surface area contributed by atoms with Gasteiger partial charge in [-0.05, 0) is 44.5 Å². The molecule has 0 aliphatic heterocycles. The maximum Gasteiger partial charge on any atom is 0.339 e. The molecule has 7 heteroatoms. The van der Waals surface area contributed by atoms with Gasteiger partial charge in [0.25, 0.3) is 0 Å². The van der Waals surface area contributed by atoms with Gasteiger partial charge in [0, 0.05) is 0 Å². The summed E-state index contributed by atoms with van der Waals surface area (Å²) in [6, 6.07) is 3.85. The molecule has 0 atom stereocenters. The van der Waals surface area contributed by atoms with Crippen LogP contribution in [0.25, 0.3) is 0 Å². The number of carbonyl (C=O) groups is 1. The minimum absolute atomic E-state index is 0.0323. The van der Waals surface area contributed by atoms with Gasteiger partial charge in [-0.1, -0.05) is 0 Å². The first-order valence-corrected chi connectivity index (χ1v) is 7.40. The predicted molar refractivity (Wildman–Crippen MR) is 67.9 cm³/mol. The van der Waals surface area contributed by atoms with Gasteiger partial charge in [0.2, 0.25) is 10.0 Å². The van der Waals surface area contributed by atoms with E-state index in [2.05, 4.69) is 4.72 Å². The van der Waals surface area contributed by atoms with E-state index in [-0.39, 0.29) is 22.3 Å². The van der Waals surface area contributed by atoms with Crippen LogP contribution >= 0.6 is 0 Å². The van der Waals surface area contributed by atoms with E-state index in [4.69, 9.17) is 9.84 Å². The second kappa shape index (κ2) is 5.18. The Hall–Kier alpha value is -1.60. The van der Waals surface area contributed by atoms with Crippen molar-refractivity contribution in [3.63, 3.8) is 0 Å². The molecule has 0 saturated heterocycles. The minimum atomic E-state index is -3.66. The first kappa shape index (κ1) is 13.8. The van der Waals surface area contributed by atoms with E-state index in [1.54, 1.807) is 0 Å². The third-order valence-electron chi connectivity index (χ3n) is 3.11. The molecule has 1 fully saturated rings. The van der Waals surface area contributed by atoms with Crippen LogP contribution in [0.2, 0.25) is 0 Å². The van der Waals surface area contributed by atoms with E-state index in [1.165, 1.54) is 19.2 Å². The fraction of sp³-hybridized carbons (Fsp3) is 0.417. The monoisotopic (exact) mass is 285 g/mol. The summed E-state index contributed by atoms with van der Waals surface area (Å²) in [5.74, 6) is -0.991. The van der Waals surface area contributed by atoms with E-state index < -0.39 is 16.0 Å². The highest BCUT2D eigenvalue weighted by Crippen LogP contribution is 2.29. The lowest BCUT2D eigenvalue weighted by Crippen LogP contribution is -2.25. The second-order valence-electron chi connectivity index (χ2n) is 4.34. The molecule has 1 aliphatic rings. The van der Waals surface area contributed by atoms with Crippen LogP contribution in [0.4, 0.5) is 0 Å². The molecule has 104 valence electrons. The van der Waals surface area contributed by atoms with Crippen molar-refractivity contribution in [3.8, 4) is 5.75 Å². The smallest absolute Gasteiger partial charge is 0.339 e. The molecule has 1 saturated carbocycles. The Labute approximate surface area is 111 Å². The summed E-state index contributed by atoms with van der Waals surface area (Å²) in [5.41, 5.74) is -0.136. The summed E-state index contributed by atoms with van der Waals surface area (Å²) >= 11 is 0. The highest BCUT2D eigenvalue weighted by Gasteiger charge is 2.23. The van der Waals surface area contributed by atoms with Crippen LogP contribution in [0.3, 0.4) is 0 Å². The normalized spacial score (nSPS) is 15.8. The van der Waals surface area contributed by atoms with E-state index in [0.29, 0.717) is 0 Å². The summed E-state index contributed by atoms with van der Waals surface area (Å²) in [6.45, 7) is 0. The molecule has 1 aromatic carbocycles. The van der Waals surface area contributed by atoms with Crippen molar-refractivity contribution in [2.45, 2.75) is 30.3 Å². The zero-order valence-corrected chi connectivity index (χ0v) is 11.2. The average Bonchev–Trinajstić information content (AvgIpc) is 2.33. The van der Waals surface area contributed by atoms with Crippen LogP contribution in [0.5, 0.6) is 5.75 Å². The lowest BCUT2D eigenvalue weighted by atomic mass is 9.96. The van der Waals surface area contributed by atoms with Crippen molar-refractivity contribution in [2.24, 2.45) is 0 Å². The number of ether oxygens (including phenoxy) is 1. The molecule has 2 rings (SSSR count). The Bertz CT molecular complexity index is 592. The standard InChI is InChI=1S/C12H15NO5S/c1-13-19(16,17)9-5-6-11(10(7-9)12(14)15)18-8-3-2-4-8/h5-8,13H,2-4H2,1H3,(H,14,15). The summed E-state index contributed by atoms with van der Waals surface area (Å²) < 4.78 is 31.0. The molecule has 0 radical (unpaired) electrons. The van der Waals surface area contributed by atoms with Gasteiger partial charge >= 0.3 is 5.97 Å². The maximum absolute atomic E-state index is 11.6. The first-order chi connectivity index (χ1) is 8.94. The Balaban J connectivity index is 2.37. The summed E-state index contributed by atoms with van der Waals surface area (Å²) in [5, 5.41) is 9.14. The lowest BCUT2D eigenvalue weighted by molar-refractivity contribution is 0.0679. The summed E-state index contributed by atoms with van der Waals surface area (Å²) in [6.07, 6.45) is 2.90. The Kier molecular flexibility index (Phi) is 3.77. The molecule has 19 heavy (non-hydrogen) atoms. The van der Waals surface area contributed by atoms with Gasteiger partial charge in [-0.15, -0.1) is 0 Å². The number of sulfonamides is 1. The van der Waals surface area contributed by atoms with Crippen molar-refractivity contribution in [1.29, 1.82) is 0 Å². The summed E-state index contributed by atoms with van der Waals surface area (Å²) in [7, 11) is -2.39. The molecule has 0 amide bonds. The fourth-order valence-electron chi connectivity index (χ4n) is 1.73. The molecule has 0 bridgehead atoms. The third-order valence-corrected chi connectivity index (χ3v) is 4.52. The van der Waals surface area contributed by atoms with Crippen LogP contribution in [-0.2, 0) is 10.0 Å². The van der Waals surface area contributed by atoms with Crippen LogP contribution in [0, 0.1) is 0 Å². The van der Waals surface area contributed by atoms with Crippen LogP contribution in [0.15, 0.2) is 23.1 Å². The van der Waals surface area contributed by atoms with Gasteiger partial charge in [0.15, 0.2) is 0 Å². The SMILES string of the molecule is CNS(=O)(=O)c1ccc(OC2CCC2)c(C(=O)O)c1. The largest absolute Gasteiger partial charge is 0.490 e. The van der Waals surface area contributed by atoms with Gasteiger partial charge < -0.3 is 9.84 Å². The van der Waals surface area contributed by atoms with E-state index in [0.717, 1.165) is 25.3 Å². The second-order valence-corrected chi connectivity index (χ2v) is 6.23. The molecule has 0 unspecified atom stereocenters. The Morgan fingerprint density at radius 3 is 2.58 bits per heavy atom. The van der Waals surface area contributed by atoms with Gasteiger partial charge in [-0.25, -0.2) is 17.9 Å². The number of nitrogens with one attached hydrogen (secondary N) is 1. The molecule has 1 aromatic rings.